The number of hydrogen-bond donors (Lipinski definition) is 2. The lowest BCUT2D eigenvalue weighted by Crippen LogP contribution is -2.47. The van der Waals surface area contributed by atoms with E-state index in [0.717, 1.165) is 51.4 Å². The minimum Gasteiger partial charge on any atom is -0.464 e. The SMILES string of the molecule is c1ccc2c(CCNCN3CCNCC3)coc2c1. The van der Waals surface area contributed by atoms with Gasteiger partial charge in [0.15, 0.2) is 0 Å². The number of para-hydroxylation sites is 1. The molecule has 1 aromatic carbocycles. The normalized spacial score (nSPS) is 17.1. The van der Waals surface area contributed by atoms with Crippen LogP contribution in [0.5, 0.6) is 0 Å². The monoisotopic (exact) mass is 259 g/mol. The van der Waals surface area contributed by atoms with Gasteiger partial charge >= 0.3 is 0 Å². The van der Waals surface area contributed by atoms with Crippen LogP contribution >= 0.6 is 0 Å². The van der Waals surface area contributed by atoms with Crippen LogP contribution in [0.2, 0.25) is 0 Å². The lowest BCUT2D eigenvalue weighted by atomic mass is 10.1. The Morgan fingerprint density at radius 3 is 2.95 bits per heavy atom. The van der Waals surface area contributed by atoms with Crippen molar-refractivity contribution in [3.63, 3.8) is 0 Å². The minimum atomic E-state index is 0.984. The summed E-state index contributed by atoms with van der Waals surface area (Å²) in [6, 6.07) is 8.23. The second-order valence-electron chi connectivity index (χ2n) is 5.03. The van der Waals surface area contributed by atoms with Crippen molar-refractivity contribution in [2.45, 2.75) is 6.42 Å². The molecule has 4 nitrogen and oxygen atoms in total. The fourth-order valence-electron chi connectivity index (χ4n) is 2.56. The Kier molecular flexibility index (Phi) is 4.13. The molecule has 0 bridgehead atoms. The van der Waals surface area contributed by atoms with Crippen LogP contribution in [0.3, 0.4) is 0 Å². The third-order valence-electron chi connectivity index (χ3n) is 3.68. The van der Waals surface area contributed by atoms with E-state index in [1.54, 1.807) is 0 Å². The predicted molar refractivity (Wildman–Crippen MR) is 77.2 cm³/mol. The van der Waals surface area contributed by atoms with Crippen LogP contribution in [-0.2, 0) is 6.42 Å². The van der Waals surface area contributed by atoms with E-state index in [1.165, 1.54) is 10.9 Å². The van der Waals surface area contributed by atoms with E-state index in [4.69, 9.17) is 4.42 Å². The molecule has 0 atom stereocenters. The molecule has 0 aliphatic carbocycles. The Labute approximate surface area is 113 Å². The van der Waals surface area contributed by atoms with Crippen LogP contribution in [0.25, 0.3) is 11.0 Å². The molecule has 0 spiro atoms. The molecule has 4 heteroatoms. The highest BCUT2D eigenvalue weighted by molar-refractivity contribution is 5.80. The summed E-state index contributed by atoms with van der Waals surface area (Å²) < 4.78 is 5.55. The number of fused-ring (bicyclic) bond motifs is 1. The molecule has 0 saturated carbocycles. The molecular formula is C15H21N3O. The smallest absolute Gasteiger partial charge is 0.134 e. The molecule has 1 aromatic heterocycles. The van der Waals surface area contributed by atoms with Crippen LogP contribution in [0, 0.1) is 0 Å². The second kappa shape index (κ2) is 6.19. The maximum Gasteiger partial charge on any atom is 0.134 e. The van der Waals surface area contributed by atoms with Crippen molar-refractivity contribution in [2.24, 2.45) is 0 Å². The molecule has 0 radical (unpaired) electrons. The molecule has 1 aliphatic rings. The number of furan rings is 1. The van der Waals surface area contributed by atoms with Gasteiger partial charge in [0.1, 0.15) is 5.58 Å². The van der Waals surface area contributed by atoms with Crippen molar-refractivity contribution in [3.8, 4) is 0 Å². The zero-order valence-electron chi connectivity index (χ0n) is 11.2. The number of nitrogens with zero attached hydrogens (tertiary/aromatic N) is 1. The van der Waals surface area contributed by atoms with E-state index < -0.39 is 0 Å². The summed E-state index contributed by atoms with van der Waals surface area (Å²) >= 11 is 0. The van der Waals surface area contributed by atoms with Gasteiger partial charge in [0.2, 0.25) is 0 Å². The maximum absolute atomic E-state index is 5.55. The van der Waals surface area contributed by atoms with Crippen LogP contribution < -0.4 is 10.6 Å². The molecule has 2 aromatic rings. The highest BCUT2D eigenvalue weighted by atomic mass is 16.3. The summed E-state index contributed by atoms with van der Waals surface area (Å²) in [5.74, 6) is 0. The van der Waals surface area contributed by atoms with Crippen molar-refractivity contribution in [2.75, 3.05) is 39.4 Å². The molecule has 1 fully saturated rings. The summed E-state index contributed by atoms with van der Waals surface area (Å²) in [4.78, 5) is 2.45. The number of benzene rings is 1. The van der Waals surface area contributed by atoms with Gasteiger partial charge < -0.3 is 15.1 Å². The lowest BCUT2D eigenvalue weighted by molar-refractivity contribution is 0.224. The standard InChI is InChI=1S/C15H21N3O/c1-2-4-15-14(3-1)13(11-19-15)5-6-17-12-18-9-7-16-8-10-18/h1-4,11,16-17H,5-10,12H2. The first kappa shape index (κ1) is 12.7. The van der Waals surface area contributed by atoms with E-state index in [2.05, 4.69) is 27.7 Å². The molecule has 0 amide bonds. The van der Waals surface area contributed by atoms with Crippen molar-refractivity contribution < 1.29 is 4.42 Å². The quantitative estimate of drug-likeness (QED) is 0.797. The van der Waals surface area contributed by atoms with Crippen molar-refractivity contribution >= 4 is 11.0 Å². The zero-order chi connectivity index (χ0) is 12.9. The van der Waals surface area contributed by atoms with Gasteiger partial charge in [-0.2, -0.15) is 0 Å². The number of nitrogens with one attached hydrogen (secondary N) is 2. The van der Waals surface area contributed by atoms with Gasteiger partial charge in [-0.05, 0) is 18.1 Å². The lowest BCUT2D eigenvalue weighted by Gasteiger charge is -2.27. The molecule has 2 heterocycles. The minimum absolute atomic E-state index is 0.984. The largest absolute Gasteiger partial charge is 0.464 e. The topological polar surface area (TPSA) is 40.4 Å². The molecule has 0 unspecified atom stereocenters. The van der Waals surface area contributed by atoms with E-state index in [1.807, 2.05) is 18.4 Å². The molecule has 3 rings (SSSR count). The first-order valence-corrected chi connectivity index (χ1v) is 7.02. The van der Waals surface area contributed by atoms with Crippen molar-refractivity contribution in [3.05, 3.63) is 36.1 Å². The highest BCUT2D eigenvalue weighted by Gasteiger charge is 2.08. The molecule has 2 N–H and O–H groups in total. The van der Waals surface area contributed by atoms with E-state index >= 15 is 0 Å². The Balaban J connectivity index is 1.47. The Morgan fingerprint density at radius 2 is 2.05 bits per heavy atom. The predicted octanol–water partition coefficient (Wildman–Crippen LogP) is 1.43. The maximum atomic E-state index is 5.55. The molecule has 19 heavy (non-hydrogen) atoms. The fraction of sp³-hybridized carbons (Fsp3) is 0.467. The van der Waals surface area contributed by atoms with Crippen LogP contribution in [0.4, 0.5) is 0 Å². The zero-order valence-corrected chi connectivity index (χ0v) is 11.2. The first-order valence-electron chi connectivity index (χ1n) is 7.02. The van der Waals surface area contributed by atoms with Crippen molar-refractivity contribution in [1.29, 1.82) is 0 Å². The molecule has 1 aliphatic heterocycles. The van der Waals surface area contributed by atoms with Gasteiger partial charge in [-0.3, -0.25) is 4.90 Å². The summed E-state index contributed by atoms with van der Waals surface area (Å²) in [5, 5.41) is 8.12. The summed E-state index contributed by atoms with van der Waals surface area (Å²) in [6.07, 6.45) is 2.90. The van der Waals surface area contributed by atoms with Gasteiger partial charge in [-0.1, -0.05) is 18.2 Å². The fourth-order valence-corrected chi connectivity index (χ4v) is 2.56. The van der Waals surface area contributed by atoms with Crippen LogP contribution in [0.1, 0.15) is 5.56 Å². The van der Waals surface area contributed by atoms with Gasteiger partial charge in [0.25, 0.3) is 0 Å². The van der Waals surface area contributed by atoms with Gasteiger partial charge in [0, 0.05) is 44.8 Å². The number of piperazine rings is 1. The summed E-state index contributed by atoms with van der Waals surface area (Å²) in [5.41, 5.74) is 2.28. The first-order chi connectivity index (χ1) is 9.43. The third kappa shape index (κ3) is 3.15. The highest BCUT2D eigenvalue weighted by Crippen LogP contribution is 2.20. The Hall–Kier alpha value is -1.36. The van der Waals surface area contributed by atoms with E-state index in [9.17, 15) is 0 Å². The number of hydrogen-bond acceptors (Lipinski definition) is 4. The molecule has 102 valence electrons. The van der Waals surface area contributed by atoms with Gasteiger partial charge in [-0.15, -0.1) is 0 Å². The Bertz CT molecular complexity index is 517. The Morgan fingerprint density at radius 1 is 1.21 bits per heavy atom. The van der Waals surface area contributed by atoms with Crippen molar-refractivity contribution in [1.82, 2.24) is 15.5 Å². The van der Waals surface area contributed by atoms with Gasteiger partial charge in [-0.25, -0.2) is 0 Å². The molecule has 1 saturated heterocycles. The average Bonchev–Trinajstić information content (AvgIpc) is 2.88. The van der Waals surface area contributed by atoms with Crippen LogP contribution in [0.15, 0.2) is 34.9 Å². The van der Waals surface area contributed by atoms with E-state index in [-0.39, 0.29) is 0 Å². The third-order valence-corrected chi connectivity index (χ3v) is 3.68. The molecular weight excluding hydrogens is 238 g/mol. The van der Waals surface area contributed by atoms with Crippen LogP contribution in [-0.4, -0.2) is 44.3 Å². The average molecular weight is 259 g/mol. The van der Waals surface area contributed by atoms with Gasteiger partial charge in [0.05, 0.1) is 6.26 Å². The number of rotatable bonds is 5. The van der Waals surface area contributed by atoms with E-state index in [0.29, 0.717) is 0 Å². The summed E-state index contributed by atoms with van der Waals surface area (Å²) in [6.45, 7) is 6.47. The second-order valence-corrected chi connectivity index (χ2v) is 5.03. The summed E-state index contributed by atoms with van der Waals surface area (Å²) in [7, 11) is 0.